The number of rotatable bonds is 3. The Labute approximate surface area is 123 Å². The molecule has 1 aromatic heterocycles. The summed E-state index contributed by atoms with van der Waals surface area (Å²) >= 11 is 4.84. The van der Waals surface area contributed by atoms with Crippen LogP contribution in [0.5, 0.6) is 0 Å². The molecule has 0 spiro atoms. The summed E-state index contributed by atoms with van der Waals surface area (Å²) in [6.45, 7) is 5.78. The van der Waals surface area contributed by atoms with Crippen LogP contribution in [0.1, 0.15) is 26.5 Å². The number of halogens is 1. The molecule has 19 heavy (non-hydrogen) atoms. The highest BCUT2D eigenvalue weighted by molar-refractivity contribution is 9.10. The maximum absolute atomic E-state index is 11.0. The first-order chi connectivity index (χ1) is 8.88. The number of aryl methyl sites for hydroxylation is 3. The minimum absolute atomic E-state index is 0.105. The Morgan fingerprint density at radius 2 is 2.05 bits per heavy atom. The molecular formula is C13H13BrN2O2S. The molecule has 0 unspecified atom stereocenters. The molecule has 0 atom stereocenters. The molecule has 6 heteroatoms. The average molecular weight is 341 g/mol. The first-order valence-corrected chi connectivity index (χ1v) is 7.24. The summed E-state index contributed by atoms with van der Waals surface area (Å²) in [7, 11) is 0. The number of hydrogen-bond acceptors (Lipinski definition) is 4. The van der Waals surface area contributed by atoms with Crippen molar-refractivity contribution in [1.82, 2.24) is 4.98 Å². The lowest BCUT2D eigenvalue weighted by atomic mass is 10.1. The van der Waals surface area contributed by atoms with Gasteiger partial charge >= 0.3 is 5.97 Å². The molecule has 0 aliphatic carbocycles. The third-order valence-corrected chi connectivity index (χ3v) is 4.17. The zero-order valence-corrected chi connectivity index (χ0v) is 13.1. The van der Waals surface area contributed by atoms with E-state index >= 15 is 0 Å². The van der Waals surface area contributed by atoms with Crippen molar-refractivity contribution in [3.05, 3.63) is 38.3 Å². The van der Waals surface area contributed by atoms with E-state index < -0.39 is 5.97 Å². The molecule has 100 valence electrons. The fourth-order valence-corrected chi connectivity index (χ4v) is 3.41. The summed E-state index contributed by atoms with van der Waals surface area (Å²) in [4.78, 5) is 15.8. The number of carbonyl (C=O) groups is 1. The third-order valence-electron chi connectivity index (χ3n) is 2.66. The van der Waals surface area contributed by atoms with Gasteiger partial charge in [-0.2, -0.15) is 0 Å². The van der Waals surface area contributed by atoms with Crippen LogP contribution in [-0.2, 0) is 0 Å². The van der Waals surface area contributed by atoms with E-state index in [1.807, 2.05) is 19.9 Å². The van der Waals surface area contributed by atoms with E-state index in [0.29, 0.717) is 10.0 Å². The number of hydrogen-bond donors (Lipinski definition) is 2. The van der Waals surface area contributed by atoms with Crippen LogP contribution in [0.4, 0.5) is 10.8 Å². The SMILES string of the molecule is Cc1cc(C)c(Nc2nc(C(=O)O)c(C)s2)c(Br)c1. The van der Waals surface area contributed by atoms with E-state index in [9.17, 15) is 4.79 Å². The monoisotopic (exact) mass is 340 g/mol. The number of carboxylic acid groups (broad SMARTS) is 1. The van der Waals surface area contributed by atoms with Crippen LogP contribution in [0.15, 0.2) is 16.6 Å². The van der Waals surface area contributed by atoms with Gasteiger partial charge in [-0.3, -0.25) is 0 Å². The van der Waals surface area contributed by atoms with Crippen LogP contribution < -0.4 is 5.32 Å². The molecule has 0 saturated heterocycles. The summed E-state index contributed by atoms with van der Waals surface area (Å²) in [6.07, 6.45) is 0. The Hall–Kier alpha value is -1.40. The maximum atomic E-state index is 11.0. The molecule has 1 heterocycles. The van der Waals surface area contributed by atoms with E-state index in [1.54, 1.807) is 6.92 Å². The van der Waals surface area contributed by atoms with Gasteiger partial charge in [0.25, 0.3) is 0 Å². The van der Waals surface area contributed by atoms with E-state index in [0.717, 1.165) is 21.3 Å². The number of nitrogens with zero attached hydrogens (tertiary/aromatic N) is 1. The minimum Gasteiger partial charge on any atom is -0.476 e. The van der Waals surface area contributed by atoms with Crippen molar-refractivity contribution >= 4 is 44.1 Å². The molecule has 0 aliphatic rings. The number of aromatic carboxylic acids is 1. The van der Waals surface area contributed by atoms with Crippen LogP contribution in [0, 0.1) is 20.8 Å². The molecule has 2 N–H and O–H groups in total. The van der Waals surface area contributed by atoms with Gasteiger partial charge in [0.15, 0.2) is 10.8 Å². The van der Waals surface area contributed by atoms with Crippen molar-refractivity contribution < 1.29 is 9.90 Å². The summed E-state index contributed by atoms with van der Waals surface area (Å²) in [5.41, 5.74) is 3.26. The quantitative estimate of drug-likeness (QED) is 0.875. The fourth-order valence-electron chi connectivity index (χ4n) is 1.83. The van der Waals surface area contributed by atoms with Crippen LogP contribution in [-0.4, -0.2) is 16.1 Å². The van der Waals surface area contributed by atoms with Crippen molar-refractivity contribution in [1.29, 1.82) is 0 Å². The van der Waals surface area contributed by atoms with Gasteiger partial charge in [-0.15, -0.1) is 11.3 Å². The zero-order valence-electron chi connectivity index (χ0n) is 10.7. The molecule has 1 aromatic carbocycles. The van der Waals surface area contributed by atoms with Gasteiger partial charge in [0.2, 0.25) is 0 Å². The summed E-state index contributed by atoms with van der Waals surface area (Å²) < 4.78 is 0.940. The first kappa shape index (κ1) is 14.0. The molecule has 0 radical (unpaired) electrons. The van der Waals surface area contributed by atoms with Crippen LogP contribution in [0.3, 0.4) is 0 Å². The Bertz CT molecular complexity index is 629. The number of thiazole rings is 1. The number of carboxylic acids is 1. The van der Waals surface area contributed by atoms with Gasteiger partial charge in [-0.25, -0.2) is 9.78 Å². The first-order valence-electron chi connectivity index (χ1n) is 5.63. The summed E-state index contributed by atoms with van der Waals surface area (Å²) in [5, 5.41) is 12.8. The number of benzene rings is 1. The number of aromatic nitrogens is 1. The van der Waals surface area contributed by atoms with Crippen molar-refractivity contribution in [3.8, 4) is 0 Å². The van der Waals surface area contributed by atoms with Crippen molar-refractivity contribution in [2.45, 2.75) is 20.8 Å². The second kappa shape index (κ2) is 5.30. The van der Waals surface area contributed by atoms with Gasteiger partial charge in [-0.05, 0) is 53.9 Å². The molecule has 2 rings (SSSR count). The average Bonchev–Trinajstić information content (AvgIpc) is 2.65. The molecule has 2 aromatic rings. The Morgan fingerprint density at radius 1 is 1.37 bits per heavy atom. The molecule has 0 aliphatic heterocycles. The van der Waals surface area contributed by atoms with E-state index in [4.69, 9.17) is 5.11 Å². The predicted octanol–water partition coefficient (Wildman–Crippen LogP) is 4.27. The third kappa shape index (κ3) is 2.96. The number of nitrogens with one attached hydrogen (secondary N) is 1. The van der Waals surface area contributed by atoms with Gasteiger partial charge in [0.1, 0.15) is 0 Å². The number of anilines is 2. The summed E-state index contributed by atoms with van der Waals surface area (Å²) in [5.74, 6) is -0.999. The Balaban J connectivity index is 2.37. The molecule has 0 amide bonds. The van der Waals surface area contributed by atoms with Gasteiger partial charge in [0.05, 0.1) is 5.69 Å². The second-order valence-corrected chi connectivity index (χ2v) is 6.35. The summed E-state index contributed by atoms with van der Waals surface area (Å²) in [6, 6.07) is 4.07. The smallest absolute Gasteiger partial charge is 0.355 e. The second-order valence-electron chi connectivity index (χ2n) is 4.29. The van der Waals surface area contributed by atoms with Gasteiger partial charge < -0.3 is 10.4 Å². The van der Waals surface area contributed by atoms with Crippen molar-refractivity contribution in [2.24, 2.45) is 0 Å². The lowest BCUT2D eigenvalue weighted by molar-refractivity contribution is 0.0690. The van der Waals surface area contributed by atoms with E-state index in [2.05, 4.69) is 32.3 Å². The van der Waals surface area contributed by atoms with Crippen LogP contribution in [0.25, 0.3) is 0 Å². The Kier molecular flexibility index (Phi) is 3.91. The van der Waals surface area contributed by atoms with Crippen molar-refractivity contribution in [3.63, 3.8) is 0 Å². The van der Waals surface area contributed by atoms with Crippen LogP contribution >= 0.6 is 27.3 Å². The standard InChI is InChI=1S/C13H13BrN2O2S/c1-6-4-7(2)10(9(14)5-6)15-13-16-11(12(17)18)8(3)19-13/h4-5H,1-3H3,(H,15,16)(H,17,18). The minimum atomic E-state index is -0.999. The molecule has 0 bridgehead atoms. The molecule has 4 nitrogen and oxygen atoms in total. The normalized spacial score (nSPS) is 10.5. The molecular weight excluding hydrogens is 328 g/mol. The molecule has 0 saturated carbocycles. The van der Waals surface area contributed by atoms with Crippen molar-refractivity contribution in [2.75, 3.05) is 5.32 Å². The van der Waals surface area contributed by atoms with Gasteiger partial charge in [-0.1, -0.05) is 6.07 Å². The fraction of sp³-hybridized carbons (Fsp3) is 0.231. The lowest BCUT2D eigenvalue weighted by Crippen LogP contribution is -2.00. The van der Waals surface area contributed by atoms with E-state index in [-0.39, 0.29) is 5.69 Å². The highest BCUT2D eigenvalue weighted by Gasteiger charge is 2.15. The highest BCUT2D eigenvalue weighted by atomic mass is 79.9. The lowest BCUT2D eigenvalue weighted by Gasteiger charge is -2.10. The van der Waals surface area contributed by atoms with Gasteiger partial charge in [0, 0.05) is 9.35 Å². The van der Waals surface area contributed by atoms with E-state index in [1.165, 1.54) is 11.3 Å². The molecule has 0 fully saturated rings. The topological polar surface area (TPSA) is 62.2 Å². The largest absolute Gasteiger partial charge is 0.476 e. The highest BCUT2D eigenvalue weighted by Crippen LogP contribution is 2.32. The zero-order chi connectivity index (χ0) is 14.2. The Morgan fingerprint density at radius 3 is 2.58 bits per heavy atom. The predicted molar refractivity (Wildman–Crippen MR) is 80.7 cm³/mol. The van der Waals surface area contributed by atoms with Crippen LogP contribution in [0.2, 0.25) is 0 Å². The maximum Gasteiger partial charge on any atom is 0.355 e.